The van der Waals surface area contributed by atoms with Crippen LogP contribution in [0.2, 0.25) is 0 Å². The quantitative estimate of drug-likeness (QED) is 0.635. The fourth-order valence-corrected chi connectivity index (χ4v) is 3.18. The van der Waals surface area contributed by atoms with Crippen LogP contribution in [0, 0.1) is 19.8 Å². The number of nitrogens with zero attached hydrogens (tertiary/aromatic N) is 2. The van der Waals surface area contributed by atoms with Crippen LogP contribution in [0.25, 0.3) is 5.65 Å². The standard InChI is InChI=1S/C23H25N3O4/c1-14(2)21(25-22(28)17-9-5-7-15(3)11-17)23(29)30-13-18-12-20(27)26-16(4)8-6-10-19(26)24-18/h5-12,14,21H,13H2,1-4H3,(H,25,28)/t21-/m0/s1. The average molecular weight is 407 g/mol. The molecule has 0 radical (unpaired) electrons. The van der Waals surface area contributed by atoms with E-state index in [9.17, 15) is 14.4 Å². The largest absolute Gasteiger partial charge is 0.458 e. The minimum atomic E-state index is -0.818. The van der Waals surface area contributed by atoms with Crippen molar-refractivity contribution < 1.29 is 14.3 Å². The minimum absolute atomic E-state index is 0.151. The topological polar surface area (TPSA) is 89.8 Å². The molecule has 2 heterocycles. The van der Waals surface area contributed by atoms with Crippen molar-refractivity contribution in [2.45, 2.75) is 40.3 Å². The Morgan fingerprint density at radius 1 is 1.10 bits per heavy atom. The highest BCUT2D eigenvalue weighted by Gasteiger charge is 2.26. The average Bonchev–Trinajstić information content (AvgIpc) is 2.69. The van der Waals surface area contributed by atoms with E-state index in [4.69, 9.17) is 4.74 Å². The number of benzene rings is 1. The van der Waals surface area contributed by atoms with Gasteiger partial charge in [0.15, 0.2) is 0 Å². The number of pyridine rings is 1. The molecule has 0 spiro atoms. The van der Waals surface area contributed by atoms with Gasteiger partial charge in [-0.1, -0.05) is 37.6 Å². The van der Waals surface area contributed by atoms with Crippen LogP contribution in [0.3, 0.4) is 0 Å². The number of rotatable bonds is 6. The number of hydrogen-bond acceptors (Lipinski definition) is 5. The molecular formula is C23H25N3O4. The Morgan fingerprint density at radius 3 is 2.53 bits per heavy atom. The van der Waals surface area contributed by atoms with Gasteiger partial charge in [0.05, 0.1) is 5.69 Å². The van der Waals surface area contributed by atoms with E-state index in [0.717, 1.165) is 11.3 Å². The maximum absolute atomic E-state index is 12.6. The van der Waals surface area contributed by atoms with Crippen molar-refractivity contribution >= 4 is 17.5 Å². The molecule has 156 valence electrons. The normalized spacial score (nSPS) is 12.0. The molecule has 0 aliphatic rings. The molecule has 30 heavy (non-hydrogen) atoms. The van der Waals surface area contributed by atoms with Gasteiger partial charge in [-0.25, -0.2) is 9.78 Å². The SMILES string of the molecule is Cc1cccc(C(=O)N[C@H](C(=O)OCc2cc(=O)n3c(C)cccc3n2)C(C)C)c1. The summed E-state index contributed by atoms with van der Waals surface area (Å²) in [5.41, 5.74) is 2.81. The van der Waals surface area contributed by atoms with E-state index in [1.807, 2.05) is 45.9 Å². The predicted octanol–water partition coefficient (Wildman–Crippen LogP) is 2.81. The van der Waals surface area contributed by atoms with Crippen LogP contribution in [-0.4, -0.2) is 27.3 Å². The Balaban J connectivity index is 1.72. The molecular weight excluding hydrogens is 382 g/mol. The zero-order valence-corrected chi connectivity index (χ0v) is 17.5. The molecule has 3 rings (SSSR count). The lowest BCUT2D eigenvalue weighted by atomic mass is 10.0. The Labute approximate surface area is 174 Å². The molecule has 7 nitrogen and oxygen atoms in total. The molecule has 1 atom stereocenters. The second-order valence-electron chi connectivity index (χ2n) is 7.62. The summed E-state index contributed by atoms with van der Waals surface area (Å²) < 4.78 is 6.87. The van der Waals surface area contributed by atoms with E-state index in [1.54, 1.807) is 24.3 Å². The van der Waals surface area contributed by atoms with E-state index in [-0.39, 0.29) is 24.0 Å². The number of amides is 1. The molecule has 0 aliphatic heterocycles. The van der Waals surface area contributed by atoms with Crippen LogP contribution in [0.1, 0.15) is 41.2 Å². The number of esters is 1. The number of nitrogens with one attached hydrogen (secondary N) is 1. The number of fused-ring (bicyclic) bond motifs is 1. The van der Waals surface area contributed by atoms with Crippen molar-refractivity contribution in [3.8, 4) is 0 Å². The van der Waals surface area contributed by atoms with E-state index >= 15 is 0 Å². The number of hydrogen-bond donors (Lipinski definition) is 1. The highest BCUT2D eigenvalue weighted by Crippen LogP contribution is 2.10. The van der Waals surface area contributed by atoms with Gasteiger partial charge in [0.2, 0.25) is 0 Å². The van der Waals surface area contributed by atoms with Crippen molar-refractivity contribution in [2.24, 2.45) is 5.92 Å². The first kappa shape index (κ1) is 21.2. The van der Waals surface area contributed by atoms with Crippen LogP contribution in [0.4, 0.5) is 0 Å². The second kappa shape index (κ2) is 8.90. The van der Waals surface area contributed by atoms with E-state index in [0.29, 0.717) is 16.9 Å². The van der Waals surface area contributed by atoms with Crippen molar-refractivity contribution in [3.63, 3.8) is 0 Å². The zero-order chi connectivity index (χ0) is 21.8. The van der Waals surface area contributed by atoms with Gasteiger partial charge < -0.3 is 10.1 Å². The van der Waals surface area contributed by atoms with Crippen LogP contribution < -0.4 is 10.9 Å². The molecule has 0 bridgehead atoms. The fourth-order valence-electron chi connectivity index (χ4n) is 3.18. The van der Waals surface area contributed by atoms with Gasteiger partial charge in [-0.2, -0.15) is 0 Å². The third kappa shape index (κ3) is 4.74. The molecule has 0 fully saturated rings. The van der Waals surface area contributed by atoms with Crippen LogP contribution in [0.15, 0.2) is 53.3 Å². The molecule has 2 aromatic heterocycles. The summed E-state index contributed by atoms with van der Waals surface area (Å²) in [5, 5.41) is 2.74. The van der Waals surface area contributed by atoms with Gasteiger partial charge in [-0.15, -0.1) is 0 Å². The summed E-state index contributed by atoms with van der Waals surface area (Å²) in [6, 6.07) is 13.0. The lowest BCUT2D eigenvalue weighted by Crippen LogP contribution is -2.45. The van der Waals surface area contributed by atoms with Gasteiger partial charge >= 0.3 is 5.97 Å². The zero-order valence-electron chi connectivity index (χ0n) is 17.5. The molecule has 1 N–H and O–H groups in total. The molecule has 1 amide bonds. The lowest BCUT2D eigenvalue weighted by molar-refractivity contribution is -0.148. The van der Waals surface area contributed by atoms with Crippen molar-refractivity contribution in [3.05, 3.63) is 81.4 Å². The molecule has 7 heteroatoms. The first-order valence-corrected chi connectivity index (χ1v) is 9.78. The summed E-state index contributed by atoms with van der Waals surface area (Å²) >= 11 is 0. The minimum Gasteiger partial charge on any atom is -0.458 e. The summed E-state index contributed by atoms with van der Waals surface area (Å²) in [7, 11) is 0. The molecule has 0 aliphatic carbocycles. The Bertz CT molecular complexity index is 1150. The number of aromatic nitrogens is 2. The number of carbonyl (C=O) groups excluding carboxylic acids is 2. The smallest absolute Gasteiger partial charge is 0.329 e. The summed E-state index contributed by atoms with van der Waals surface area (Å²) in [4.78, 5) is 41.9. The third-order valence-corrected chi connectivity index (χ3v) is 4.78. The van der Waals surface area contributed by atoms with Gasteiger partial charge in [0.1, 0.15) is 18.3 Å². The predicted molar refractivity (Wildman–Crippen MR) is 113 cm³/mol. The van der Waals surface area contributed by atoms with Crippen LogP contribution in [0.5, 0.6) is 0 Å². The molecule has 0 unspecified atom stereocenters. The Morgan fingerprint density at radius 2 is 1.83 bits per heavy atom. The fraction of sp³-hybridized carbons (Fsp3) is 0.304. The molecule has 0 saturated carbocycles. The molecule has 0 saturated heterocycles. The second-order valence-corrected chi connectivity index (χ2v) is 7.62. The lowest BCUT2D eigenvalue weighted by Gasteiger charge is -2.21. The first-order valence-electron chi connectivity index (χ1n) is 9.78. The molecule has 1 aromatic carbocycles. The number of carbonyl (C=O) groups is 2. The Hall–Kier alpha value is -3.48. The van der Waals surface area contributed by atoms with Crippen molar-refractivity contribution in [2.75, 3.05) is 0 Å². The monoisotopic (exact) mass is 407 g/mol. The van der Waals surface area contributed by atoms with Gasteiger partial charge in [-0.3, -0.25) is 14.0 Å². The van der Waals surface area contributed by atoms with E-state index in [1.165, 1.54) is 10.5 Å². The van der Waals surface area contributed by atoms with Crippen molar-refractivity contribution in [1.82, 2.24) is 14.7 Å². The van der Waals surface area contributed by atoms with E-state index < -0.39 is 12.0 Å². The summed E-state index contributed by atoms with van der Waals surface area (Å²) in [6.45, 7) is 7.21. The Kier molecular flexibility index (Phi) is 6.30. The molecule has 3 aromatic rings. The first-order chi connectivity index (χ1) is 14.3. The summed E-state index contributed by atoms with van der Waals surface area (Å²) in [6.07, 6.45) is 0. The van der Waals surface area contributed by atoms with Gasteiger partial charge in [0, 0.05) is 17.3 Å². The maximum atomic E-state index is 12.6. The van der Waals surface area contributed by atoms with Crippen molar-refractivity contribution in [1.29, 1.82) is 0 Å². The van der Waals surface area contributed by atoms with Gasteiger partial charge in [-0.05, 0) is 44.0 Å². The highest BCUT2D eigenvalue weighted by atomic mass is 16.5. The third-order valence-electron chi connectivity index (χ3n) is 4.78. The maximum Gasteiger partial charge on any atom is 0.329 e. The van der Waals surface area contributed by atoms with Crippen LogP contribution >= 0.6 is 0 Å². The summed E-state index contributed by atoms with van der Waals surface area (Å²) in [5.74, 6) is -1.09. The van der Waals surface area contributed by atoms with E-state index in [2.05, 4.69) is 10.3 Å². The number of ether oxygens (including phenoxy) is 1. The highest BCUT2D eigenvalue weighted by molar-refractivity contribution is 5.97. The van der Waals surface area contributed by atoms with Crippen LogP contribution in [-0.2, 0) is 16.1 Å². The number of aryl methyl sites for hydroxylation is 2. The van der Waals surface area contributed by atoms with Gasteiger partial charge in [0.25, 0.3) is 11.5 Å².